The molecule has 0 bridgehead atoms. The monoisotopic (exact) mass is 232 g/mol. The van der Waals surface area contributed by atoms with Gasteiger partial charge in [-0.2, -0.15) is 0 Å². The van der Waals surface area contributed by atoms with E-state index in [1.807, 2.05) is 0 Å². The highest BCUT2D eigenvalue weighted by Crippen LogP contribution is 2.19. The number of hydrogen-bond donors (Lipinski definition) is 1. The molecule has 94 valence electrons. The van der Waals surface area contributed by atoms with Crippen molar-refractivity contribution in [3.05, 3.63) is 0 Å². The fourth-order valence-electron chi connectivity index (χ4n) is 0.872. The Labute approximate surface area is 95.7 Å². The number of rotatable bonds is 6. The van der Waals surface area contributed by atoms with E-state index in [2.05, 4.69) is 0 Å². The van der Waals surface area contributed by atoms with Crippen LogP contribution < -0.4 is 0 Å². The topological polar surface area (TPSA) is 72.8 Å². The second kappa shape index (κ2) is 6.48. The van der Waals surface area contributed by atoms with Crippen LogP contribution in [0.25, 0.3) is 0 Å². The number of carbonyl (C=O) groups excluding carboxylic acids is 2. The average Bonchev–Trinajstić information content (AvgIpc) is 2.25. The Hall–Kier alpha value is -1.10. The lowest BCUT2D eigenvalue weighted by Crippen LogP contribution is -2.39. The molecule has 0 rings (SSSR count). The summed E-state index contributed by atoms with van der Waals surface area (Å²) in [6.07, 6.45) is 0. The molecular weight excluding hydrogens is 212 g/mol. The number of esters is 2. The minimum atomic E-state index is -1.18. The zero-order chi connectivity index (χ0) is 12.8. The van der Waals surface area contributed by atoms with Crippen LogP contribution in [0.3, 0.4) is 0 Å². The second-order valence-electron chi connectivity index (χ2n) is 4.20. The molecule has 0 aromatic heterocycles. The van der Waals surface area contributed by atoms with E-state index in [1.54, 1.807) is 20.8 Å². The van der Waals surface area contributed by atoms with E-state index in [0.29, 0.717) is 0 Å². The summed E-state index contributed by atoms with van der Waals surface area (Å²) in [7, 11) is 0. The Balaban J connectivity index is 4.37. The molecule has 5 nitrogen and oxygen atoms in total. The number of aliphatic hydroxyl groups excluding tert-OH is 1. The minimum Gasteiger partial charge on any atom is -0.465 e. The molecular formula is C11H20O5. The van der Waals surface area contributed by atoms with Gasteiger partial charge < -0.3 is 14.6 Å². The van der Waals surface area contributed by atoms with Crippen LogP contribution >= 0.6 is 0 Å². The van der Waals surface area contributed by atoms with Crippen molar-refractivity contribution in [1.82, 2.24) is 0 Å². The maximum Gasteiger partial charge on any atom is 0.317 e. The Kier molecular flexibility index (Phi) is 6.03. The SMILES string of the molecule is CCOC(=O)C(C)(CO)COC(=O)C(C)C. The normalized spacial score (nSPS) is 14.4. The van der Waals surface area contributed by atoms with Crippen molar-refractivity contribution < 1.29 is 24.2 Å². The van der Waals surface area contributed by atoms with Crippen molar-refractivity contribution in [2.24, 2.45) is 11.3 Å². The number of ether oxygens (including phenoxy) is 2. The molecule has 5 heteroatoms. The molecule has 0 heterocycles. The Morgan fingerprint density at radius 3 is 2.25 bits per heavy atom. The molecule has 0 saturated heterocycles. The molecule has 0 amide bonds. The van der Waals surface area contributed by atoms with E-state index in [4.69, 9.17) is 14.6 Å². The van der Waals surface area contributed by atoms with Gasteiger partial charge in [-0.1, -0.05) is 13.8 Å². The van der Waals surface area contributed by atoms with Crippen molar-refractivity contribution in [1.29, 1.82) is 0 Å². The van der Waals surface area contributed by atoms with E-state index in [1.165, 1.54) is 6.92 Å². The first-order valence-corrected chi connectivity index (χ1v) is 5.32. The first-order chi connectivity index (χ1) is 7.37. The lowest BCUT2D eigenvalue weighted by atomic mass is 9.93. The molecule has 0 aromatic carbocycles. The highest BCUT2D eigenvalue weighted by Gasteiger charge is 2.36. The van der Waals surface area contributed by atoms with Gasteiger partial charge in [-0.05, 0) is 13.8 Å². The van der Waals surface area contributed by atoms with Gasteiger partial charge in [0.2, 0.25) is 0 Å². The summed E-state index contributed by atoms with van der Waals surface area (Å²) in [5.41, 5.74) is -1.18. The van der Waals surface area contributed by atoms with Crippen LogP contribution in [-0.4, -0.2) is 36.9 Å². The van der Waals surface area contributed by atoms with E-state index >= 15 is 0 Å². The minimum absolute atomic E-state index is 0.167. The first-order valence-electron chi connectivity index (χ1n) is 5.32. The summed E-state index contributed by atoms with van der Waals surface area (Å²) >= 11 is 0. The predicted octanol–water partition coefficient (Wildman–Crippen LogP) is 0.747. The van der Waals surface area contributed by atoms with Gasteiger partial charge in [-0.15, -0.1) is 0 Å². The van der Waals surface area contributed by atoms with Gasteiger partial charge in [-0.3, -0.25) is 9.59 Å². The predicted molar refractivity (Wildman–Crippen MR) is 57.6 cm³/mol. The fourth-order valence-corrected chi connectivity index (χ4v) is 0.872. The Morgan fingerprint density at radius 1 is 1.31 bits per heavy atom. The van der Waals surface area contributed by atoms with Gasteiger partial charge in [0.25, 0.3) is 0 Å². The van der Waals surface area contributed by atoms with Crippen LogP contribution in [0.2, 0.25) is 0 Å². The summed E-state index contributed by atoms with van der Waals surface area (Å²) in [4.78, 5) is 22.7. The molecule has 16 heavy (non-hydrogen) atoms. The van der Waals surface area contributed by atoms with Crippen molar-refractivity contribution in [2.75, 3.05) is 19.8 Å². The summed E-state index contributed by atoms with van der Waals surface area (Å²) in [6, 6.07) is 0. The van der Waals surface area contributed by atoms with Gasteiger partial charge in [0.05, 0.1) is 19.1 Å². The molecule has 0 radical (unpaired) electrons. The van der Waals surface area contributed by atoms with Crippen LogP contribution in [0.5, 0.6) is 0 Å². The molecule has 1 N–H and O–H groups in total. The largest absolute Gasteiger partial charge is 0.465 e. The Morgan fingerprint density at radius 2 is 1.88 bits per heavy atom. The van der Waals surface area contributed by atoms with Gasteiger partial charge in [0.15, 0.2) is 0 Å². The number of aliphatic hydroxyl groups is 1. The van der Waals surface area contributed by atoms with Crippen LogP contribution in [0.4, 0.5) is 0 Å². The summed E-state index contributed by atoms with van der Waals surface area (Å²) in [5, 5.41) is 9.14. The van der Waals surface area contributed by atoms with E-state index in [0.717, 1.165) is 0 Å². The summed E-state index contributed by atoms with van der Waals surface area (Å²) in [5.74, 6) is -1.22. The zero-order valence-corrected chi connectivity index (χ0v) is 10.3. The Bertz CT molecular complexity index is 249. The third kappa shape index (κ3) is 4.18. The third-order valence-corrected chi connectivity index (χ3v) is 2.12. The lowest BCUT2D eigenvalue weighted by molar-refractivity contribution is -0.166. The van der Waals surface area contributed by atoms with Crippen molar-refractivity contribution in [3.8, 4) is 0 Å². The van der Waals surface area contributed by atoms with Crippen molar-refractivity contribution in [3.63, 3.8) is 0 Å². The average molecular weight is 232 g/mol. The fraction of sp³-hybridized carbons (Fsp3) is 0.818. The van der Waals surface area contributed by atoms with Crippen LogP contribution in [0.1, 0.15) is 27.7 Å². The molecule has 0 aromatic rings. The van der Waals surface area contributed by atoms with Crippen molar-refractivity contribution in [2.45, 2.75) is 27.7 Å². The van der Waals surface area contributed by atoms with E-state index in [9.17, 15) is 9.59 Å². The molecule has 0 aliphatic carbocycles. The van der Waals surface area contributed by atoms with Crippen molar-refractivity contribution >= 4 is 11.9 Å². The molecule has 0 fully saturated rings. The maximum absolute atomic E-state index is 11.5. The molecule has 1 unspecified atom stereocenters. The second-order valence-corrected chi connectivity index (χ2v) is 4.20. The highest BCUT2D eigenvalue weighted by molar-refractivity contribution is 5.77. The lowest BCUT2D eigenvalue weighted by Gasteiger charge is -2.24. The molecule has 1 atom stereocenters. The van der Waals surface area contributed by atoms with E-state index < -0.39 is 24.0 Å². The van der Waals surface area contributed by atoms with Gasteiger partial charge in [-0.25, -0.2) is 0 Å². The zero-order valence-electron chi connectivity index (χ0n) is 10.3. The smallest absolute Gasteiger partial charge is 0.317 e. The third-order valence-electron chi connectivity index (χ3n) is 2.12. The summed E-state index contributed by atoms with van der Waals surface area (Å²) in [6.45, 7) is 6.21. The standard InChI is InChI=1S/C11H20O5/c1-5-15-10(14)11(4,6-12)7-16-9(13)8(2)3/h8,12H,5-7H2,1-4H3. The van der Waals surface area contributed by atoms with Gasteiger partial charge >= 0.3 is 11.9 Å². The quantitative estimate of drug-likeness (QED) is 0.684. The molecule has 0 aliphatic rings. The van der Waals surface area contributed by atoms with E-state index in [-0.39, 0.29) is 19.1 Å². The first kappa shape index (κ1) is 14.9. The van der Waals surface area contributed by atoms with Crippen LogP contribution in [0, 0.1) is 11.3 Å². The highest BCUT2D eigenvalue weighted by atomic mass is 16.6. The van der Waals surface area contributed by atoms with Crippen LogP contribution in [-0.2, 0) is 19.1 Å². The number of hydrogen-bond acceptors (Lipinski definition) is 5. The molecule has 0 spiro atoms. The maximum atomic E-state index is 11.5. The van der Waals surface area contributed by atoms with Crippen LogP contribution in [0.15, 0.2) is 0 Å². The number of carbonyl (C=O) groups is 2. The molecule has 0 saturated carbocycles. The van der Waals surface area contributed by atoms with Gasteiger partial charge in [0.1, 0.15) is 12.0 Å². The summed E-state index contributed by atoms with van der Waals surface area (Å²) < 4.78 is 9.73. The van der Waals surface area contributed by atoms with Gasteiger partial charge in [0, 0.05) is 0 Å². The molecule has 0 aliphatic heterocycles.